The van der Waals surface area contributed by atoms with Crippen molar-refractivity contribution in [1.29, 1.82) is 0 Å². The second-order valence-electron chi connectivity index (χ2n) is 4.94. The molecule has 0 amide bonds. The summed E-state index contributed by atoms with van der Waals surface area (Å²) in [4.78, 5) is 0. The molecular weight excluding hydrogens is 334 g/mol. The van der Waals surface area contributed by atoms with Crippen LogP contribution in [0.4, 0.5) is 0 Å². The van der Waals surface area contributed by atoms with E-state index >= 15 is 0 Å². The van der Waals surface area contributed by atoms with Crippen LogP contribution < -0.4 is 5.32 Å². The quantitative estimate of drug-likeness (QED) is 0.749. The fraction of sp³-hybridized carbons (Fsp3) is 0.294. The molecule has 0 heterocycles. The van der Waals surface area contributed by atoms with Crippen molar-refractivity contribution in [2.75, 3.05) is 6.54 Å². The van der Waals surface area contributed by atoms with E-state index in [0.717, 1.165) is 22.5 Å². The highest BCUT2D eigenvalue weighted by Gasteiger charge is 2.16. The molecule has 0 aromatic heterocycles. The molecule has 1 N–H and O–H groups in total. The van der Waals surface area contributed by atoms with Crippen LogP contribution in [-0.2, 0) is 0 Å². The Labute approximate surface area is 134 Å². The maximum atomic E-state index is 6.14. The number of aryl methyl sites for hydroxylation is 1. The van der Waals surface area contributed by atoms with Gasteiger partial charge in [-0.1, -0.05) is 52.7 Å². The molecule has 2 aromatic rings. The molecule has 1 unspecified atom stereocenters. The van der Waals surface area contributed by atoms with Gasteiger partial charge in [0.1, 0.15) is 0 Å². The summed E-state index contributed by atoms with van der Waals surface area (Å²) in [5.74, 6) is 0. The van der Waals surface area contributed by atoms with Crippen molar-refractivity contribution in [3.8, 4) is 0 Å². The zero-order valence-electron chi connectivity index (χ0n) is 11.8. The van der Waals surface area contributed by atoms with Crippen LogP contribution in [0.1, 0.15) is 36.1 Å². The summed E-state index contributed by atoms with van der Waals surface area (Å²) in [6.45, 7) is 5.30. The second kappa shape index (κ2) is 7.26. The maximum Gasteiger partial charge on any atom is 0.0580 e. The zero-order valence-corrected chi connectivity index (χ0v) is 14.1. The smallest absolute Gasteiger partial charge is 0.0580 e. The number of halogens is 2. The van der Waals surface area contributed by atoms with Gasteiger partial charge in [0.2, 0.25) is 0 Å². The lowest BCUT2D eigenvalue weighted by Gasteiger charge is -2.22. The Hall–Kier alpha value is -0.830. The Morgan fingerprint density at radius 2 is 2.00 bits per heavy atom. The summed E-state index contributed by atoms with van der Waals surface area (Å²) < 4.78 is 1.10. The van der Waals surface area contributed by atoms with Gasteiger partial charge in [-0.3, -0.25) is 0 Å². The largest absolute Gasteiger partial charge is 0.306 e. The average molecular weight is 353 g/mol. The SMILES string of the molecule is CCCNC(c1cccc(Cl)c1)c1cc(Br)ccc1C. The van der Waals surface area contributed by atoms with Gasteiger partial charge < -0.3 is 5.32 Å². The van der Waals surface area contributed by atoms with Crippen LogP contribution in [-0.4, -0.2) is 6.54 Å². The molecule has 2 rings (SSSR count). The summed E-state index contributed by atoms with van der Waals surface area (Å²) in [6, 6.07) is 14.7. The normalized spacial score (nSPS) is 12.4. The van der Waals surface area contributed by atoms with E-state index in [1.807, 2.05) is 18.2 Å². The molecule has 2 aromatic carbocycles. The van der Waals surface area contributed by atoms with Crippen LogP contribution in [0.2, 0.25) is 5.02 Å². The topological polar surface area (TPSA) is 12.0 Å². The number of benzene rings is 2. The highest BCUT2D eigenvalue weighted by molar-refractivity contribution is 9.10. The lowest BCUT2D eigenvalue weighted by Crippen LogP contribution is -2.24. The Kier molecular flexibility index (Phi) is 5.64. The zero-order chi connectivity index (χ0) is 14.5. The van der Waals surface area contributed by atoms with Crippen LogP contribution in [0, 0.1) is 6.92 Å². The summed E-state index contributed by atoms with van der Waals surface area (Å²) in [5, 5.41) is 4.39. The van der Waals surface area contributed by atoms with Gasteiger partial charge >= 0.3 is 0 Å². The minimum absolute atomic E-state index is 0.172. The molecule has 0 fully saturated rings. The van der Waals surface area contributed by atoms with Crippen molar-refractivity contribution in [1.82, 2.24) is 5.32 Å². The summed E-state index contributed by atoms with van der Waals surface area (Å²) in [5.41, 5.74) is 3.77. The van der Waals surface area contributed by atoms with Gasteiger partial charge in [0.05, 0.1) is 6.04 Å². The van der Waals surface area contributed by atoms with Crippen LogP contribution in [0.15, 0.2) is 46.9 Å². The van der Waals surface area contributed by atoms with Gasteiger partial charge in [0, 0.05) is 9.50 Å². The van der Waals surface area contributed by atoms with Crippen molar-refractivity contribution >= 4 is 27.5 Å². The fourth-order valence-corrected chi connectivity index (χ4v) is 2.88. The Bertz CT molecular complexity index is 583. The Morgan fingerprint density at radius 3 is 2.70 bits per heavy atom. The third kappa shape index (κ3) is 3.85. The minimum atomic E-state index is 0.172. The van der Waals surface area contributed by atoms with E-state index in [9.17, 15) is 0 Å². The van der Waals surface area contributed by atoms with Crippen molar-refractivity contribution in [2.24, 2.45) is 0 Å². The standard InChI is InChI=1S/C17H19BrClN/c1-3-9-20-17(13-5-4-6-15(19)10-13)16-11-14(18)8-7-12(16)2/h4-8,10-11,17,20H,3,9H2,1-2H3. The first-order chi connectivity index (χ1) is 9.61. The first kappa shape index (κ1) is 15.6. The summed E-state index contributed by atoms with van der Waals surface area (Å²) >= 11 is 9.71. The first-order valence-corrected chi connectivity index (χ1v) is 8.04. The number of hydrogen-bond donors (Lipinski definition) is 1. The molecule has 20 heavy (non-hydrogen) atoms. The lowest BCUT2D eigenvalue weighted by molar-refractivity contribution is 0.596. The van der Waals surface area contributed by atoms with E-state index in [0.29, 0.717) is 0 Å². The van der Waals surface area contributed by atoms with E-state index < -0.39 is 0 Å². The molecular formula is C17H19BrClN. The molecule has 0 spiro atoms. The average Bonchev–Trinajstić information content (AvgIpc) is 2.43. The molecule has 0 aliphatic rings. The van der Waals surface area contributed by atoms with Gasteiger partial charge in [-0.15, -0.1) is 0 Å². The molecule has 0 aliphatic heterocycles. The monoisotopic (exact) mass is 351 g/mol. The molecule has 3 heteroatoms. The van der Waals surface area contributed by atoms with Crippen molar-refractivity contribution in [2.45, 2.75) is 26.3 Å². The van der Waals surface area contributed by atoms with Gasteiger partial charge in [-0.05, 0) is 60.8 Å². The van der Waals surface area contributed by atoms with E-state index in [1.54, 1.807) is 0 Å². The predicted octanol–water partition coefficient (Wildman–Crippen LogP) is 5.50. The number of hydrogen-bond acceptors (Lipinski definition) is 1. The van der Waals surface area contributed by atoms with E-state index in [4.69, 9.17) is 11.6 Å². The van der Waals surface area contributed by atoms with Crippen molar-refractivity contribution in [3.05, 3.63) is 68.7 Å². The van der Waals surface area contributed by atoms with Crippen LogP contribution >= 0.6 is 27.5 Å². The van der Waals surface area contributed by atoms with Crippen LogP contribution in [0.5, 0.6) is 0 Å². The minimum Gasteiger partial charge on any atom is -0.306 e. The van der Waals surface area contributed by atoms with E-state index in [2.05, 4.69) is 59.4 Å². The van der Waals surface area contributed by atoms with Gasteiger partial charge in [0.25, 0.3) is 0 Å². The van der Waals surface area contributed by atoms with Gasteiger partial charge in [-0.2, -0.15) is 0 Å². The number of rotatable bonds is 5. The molecule has 0 bridgehead atoms. The maximum absolute atomic E-state index is 6.14. The molecule has 1 nitrogen and oxygen atoms in total. The highest BCUT2D eigenvalue weighted by atomic mass is 79.9. The first-order valence-electron chi connectivity index (χ1n) is 6.86. The Balaban J connectivity index is 2.44. The van der Waals surface area contributed by atoms with E-state index in [1.165, 1.54) is 16.7 Å². The molecule has 0 radical (unpaired) electrons. The predicted molar refractivity (Wildman–Crippen MR) is 90.5 cm³/mol. The fourth-order valence-electron chi connectivity index (χ4n) is 2.30. The summed E-state index contributed by atoms with van der Waals surface area (Å²) in [7, 11) is 0. The molecule has 1 atom stereocenters. The lowest BCUT2D eigenvalue weighted by atomic mass is 9.95. The molecule has 0 saturated heterocycles. The van der Waals surface area contributed by atoms with Crippen molar-refractivity contribution < 1.29 is 0 Å². The van der Waals surface area contributed by atoms with Crippen molar-refractivity contribution in [3.63, 3.8) is 0 Å². The van der Waals surface area contributed by atoms with E-state index in [-0.39, 0.29) is 6.04 Å². The molecule has 0 aliphatic carbocycles. The number of nitrogens with one attached hydrogen (secondary N) is 1. The van der Waals surface area contributed by atoms with Crippen LogP contribution in [0.25, 0.3) is 0 Å². The third-order valence-corrected chi connectivity index (χ3v) is 4.06. The molecule has 0 saturated carbocycles. The van der Waals surface area contributed by atoms with Crippen LogP contribution in [0.3, 0.4) is 0 Å². The highest BCUT2D eigenvalue weighted by Crippen LogP contribution is 2.29. The van der Waals surface area contributed by atoms with Gasteiger partial charge in [0.15, 0.2) is 0 Å². The third-order valence-electron chi connectivity index (χ3n) is 3.33. The molecule has 106 valence electrons. The summed E-state index contributed by atoms with van der Waals surface area (Å²) in [6.07, 6.45) is 1.10. The van der Waals surface area contributed by atoms with Gasteiger partial charge in [-0.25, -0.2) is 0 Å². The Morgan fingerprint density at radius 1 is 1.20 bits per heavy atom. The second-order valence-corrected chi connectivity index (χ2v) is 6.30.